The second-order valence-electron chi connectivity index (χ2n) is 3.45. The van der Waals surface area contributed by atoms with Gasteiger partial charge in [-0.15, -0.1) is 0 Å². The zero-order valence-corrected chi connectivity index (χ0v) is 9.09. The van der Waals surface area contributed by atoms with Gasteiger partial charge in [0, 0.05) is 38.6 Å². The molecule has 0 aliphatic carbocycles. The molecule has 3 N–H and O–H groups in total. The van der Waals surface area contributed by atoms with Crippen molar-refractivity contribution >= 4 is 11.6 Å². The quantitative estimate of drug-likeness (QED) is 0.778. The van der Waals surface area contributed by atoms with Gasteiger partial charge in [-0.05, 0) is 6.07 Å². The Labute approximate surface area is 93.5 Å². The first kappa shape index (κ1) is 10.4. The number of nitrogens with two attached hydrogens (primary N) is 1. The highest BCUT2D eigenvalue weighted by Gasteiger charge is 2.00. The molecule has 0 radical (unpaired) electrons. The van der Waals surface area contributed by atoms with Crippen molar-refractivity contribution in [1.29, 1.82) is 0 Å². The van der Waals surface area contributed by atoms with Gasteiger partial charge in [-0.1, -0.05) is 0 Å². The fourth-order valence-corrected chi connectivity index (χ4v) is 1.39. The van der Waals surface area contributed by atoms with E-state index in [4.69, 9.17) is 5.73 Å². The van der Waals surface area contributed by atoms with E-state index < -0.39 is 0 Å². The van der Waals surface area contributed by atoms with Crippen LogP contribution in [0.2, 0.25) is 0 Å². The Morgan fingerprint density at radius 3 is 2.88 bits per heavy atom. The third-order valence-electron chi connectivity index (χ3n) is 2.17. The smallest absolute Gasteiger partial charge is 0.168 e. The Morgan fingerprint density at radius 1 is 1.38 bits per heavy atom. The number of hydrogen-bond donors (Lipinski definition) is 2. The Balaban J connectivity index is 1.87. The molecular weight excluding hydrogens is 204 g/mol. The predicted molar refractivity (Wildman–Crippen MR) is 61.8 cm³/mol. The maximum absolute atomic E-state index is 5.65. The molecule has 0 saturated heterocycles. The Bertz CT molecular complexity index is 464. The van der Waals surface area contributed by atoms with Crippen molar-refractivity contribution in [1.82, 2.24) is 19.7 Å². The summed E-state index contributed by atoms with van der Waals surface area (Å²) in [6.07, 6.45) is 5.93. The van der Waals surface area contributed by atoms with Crippen LogP contribution in [0.3, 0.4) is 0 Å². The van der Waals surface area contributed by atoms with Gasteiger partial charge >= 0.3 is 0 Å². The summed E-state index contributed by atoms with van der Waals surface area (Å²) in [5.74, 6) is 1.04. The van der Waals surface area contributed by atoms with E-state index in [2.05, 4.69) is 20.4 Å². The molecule has 0 aromatic carbocycles. The fourth-order valence-electron chi connectivity index (χ4n) is 1.39. The minimum Gasteiger partial charge on any atom is -0.381 e. The Hall–Kier alpha value is -2.11. The van der Waals surface area contributed by atoms with Crippen LogP contribution < -0.4 is 11.1 Å². The first-order valence-corrected chi connectivity index (χ1v) is 5.04. The van der Waals surface area contributed by atoms with E-state index in [0.29, 0.717) is 11.6 Å². The molecule has 0 fully saturated rings. The summed E-state index contributed by atoms with van der Waals surface area (Å²) in [7, 11) is 1.90. The van der Waals surface area contributed by atoms with Crippen LogP contribution in [0.1, 0.15) is 5.69 Å². The van der Waals surface area contributed by atoms with Gasteiger partial charge in [0.2, 0.25) is 0 Å². The highest BCUT2D eigenvalue weighted by molar-refractivity contribution is 5.54. The molecule has 0 atom stereocenters. The highest BCUT2D eigenvalue weighted by atomic mass is 15.2. The van der Waals surface area contributed by atoms with Crippen molar-refractivity contribution in [3.05, 3.63) is 30.4 Å². The molecule has 2 rings (SSSR count). The second-order valence-corrected chi connectivity index (χ2v) is 3.45. The van der Waals surface area contributed by atoms with E-state index >= 15 is 0 Å². The largest absolute Gasteiger partial charge is 0.381 e. The molecule has 16 heavy (non-hydrogen) atoms. The van der Waals surface area contributed by atoms with E-state index in [1.165, 1.54) is 0 Å². The van der Waals surface area contributed by atoms with Crippen LogP contribution in [0.5, 0.6) is 0 Å². The molecule has 0 aliphatic heterocycles. The molecule has 2 heterocycles. The third kappa shape index (κ3) is 2.47. The molecule has 0 bridgehead atoms. The monoisotopic (exact) mass is 218 g/mol. The molecule has 0 saturated carbocycles. The summed E-state index contributed by atoms with van der Waals surface area (Å²) in [5.41, 5.74) is 6.69. The van der Waals surface area contributed by atoms with Gasteiger partial charge in [-0.2, -0.15) is 5.10 Å². The van der Waals surface area contributed by atoms with Crippen molar-refractivity contribution in [3.8, 4) is 0 Å². The van der Waals surface area contributed by atoms with E-state index in [0.717, 1.165) is 18.7 Å². The molecule has 0 amide bonds. The van der Waals surface area contributed by atoms with E-state index in [1.54, 1.807) is 17.1 Å². The number of anilines is 2. The SMILES string of the molecule is Cn1ccc(CCNc2nccnc2N)n1. The maximum atomic E-state index is 5.65. The third-order valence-corrected chi connectivity index (χ3v) is 2.17. The van der Waals surface area contributed by atoms with Crippen LogP contribution in [0.15, 0.2) is 24.7 Å². The first-order chi connectivity index (χ1) is 7.75. The number of rotatable bonds is 4. The molecule has 6 heteroatoms. The van der Waals surface area contributed by atoms with Gasteiger partial charge < -0.3 is 11.1 Å². The molecule has 0 unspecified atom stereocenters. The summed E-state index contributed by atoms with van der Waals surface area (Å²) in [5, 5.41) is 7.40. The molecular formula is C10H14N6. The lowest BCUT2D eigenvalue weighted by Gasteiger charge is -2.05. The standard InChI is InChI=1S/C10H14N6/c1-16-7-3-8(15-16)2-4-13-10-9(11)12-5-6-14-10/h3,5-7H,2,4H2,1H3,(H2,11,12)(H,13,14). The lowest BCUT2D eigenvalue weighted by molar-refractivity contribution is 0.742. The Kier molecular flexibility index (Phi) is 3.00. The first-order valence-electron chi connectivity index (χ1n) is 5.04. The van der Waals surface area contributed by atoms with Crippen LogP contribution in [0.4, 0.5) is 11.6 Å². The fraction of sp³-hybridized carbons (Fsp3) is 0.300. The van der Waals surface area contributed by atoms with E-state index in [9.17, 15) is 0 Å². The van der Waals surface area contributed by atoms with Crippen molar-refractivity contribution in [2.75, 3.05) is 17.6 Å². The number of hydrogen-bond acceptors (Lipinski definition) is 5. The molecule has 6 nitrogen and oxygen atoms in total. The molecule has 2 aromatic heterocycles. The number of nitrogens with zero attached hydrogens (tertiary/aromatic N) is 4. The number of aryl methyl sites for hydroxylation is 1. The molecule has 0 aliphatic rings. The minimum absolute atomic E-state index is 0.420. The zero-order chi connectivity index (χ0) is 11.4. The van der Waals surface area contributed by atoms with Crippen molar-refractivity contribution in [2.24, 2.45) is 7.05 Å². The average molecular weight is 218 g/mol. The number of nitrogen functional groups attached to an aromatic ring is 1. The topological polar surface area (TPSA) is 81.7 Å². The lowest BCUT2D eigenvalue weighted by atomic mass is 10.3. The van der Waals surface area contributed by atoms with Gasteiger partial charge in [0.15, 0.2) is 11.6 Å². The zero-order valence-electron chi connectivity index (χ0n) is 9.09. The predicted octanol–water partition coefficient (Wildman–Crippen LogP) is 0.447. The highest BCUT2D eigenvalue weighted by Crippen LogP contribution is 2.09. The minimum atomic E-state index is 0.420. The van der Waals surface area contributed by atoms with Gasteiger partial charge in [-0.25, -0.2) is 9.97 Å². The number of aromatic nitrogens is 4. The number of nitrogens with one attached hydrogen (secondary N) is 1. The summed E-state index contributed by atoms with van der Waals surface area (Å²) in [4.78, 5) is 8.03. The molecule has 84 valence electrons. The second kappa shape index (κ2) is 4.61. The lowest BCUT2D eigenvalue weighted by Crippen LogP contribution is -2.09. The van der Waals surface area contributed by atoms with E-state index in [-0.39, 0.29) is 0 Å². The molecule has 0 spiro atoms. The summed E-state index contributed by atoms with van der Waals surface area (Å²) in [6, 6.07) is 1.99. The van der Waals surface area contributed by atoms with Gasteiger partial charge in [0.05, 0.1) is 5.69 Å². The van der Waals surface area contributed by atoms with Crippen LogP contribution in [-0.4, -0.2) is 26.3 Å². The van der Waals surface area contributed by atoms with Crippen molar-refractivity contribution in [3.63, 3.8) is 0 Å². The summed E-state index contributed by atoms with van der Waals surface area (Å²) in [6.45, 7) is 0.736. The van der Waals surface area contributed by atoms with Crippen molar-refractivity contribution in [2.45, 2.75) is 6.42 Å². The Morgan fingerprint density at radius 2 is 2.19 bits per heavy atom. The van der Waals surface area contributed by atoms with E-state index in [1.807, 2.05) is 19.3 Å². The summed E-state index contributed by atoms with van der Waals surface area (Å²) < 4.78 is 1.78. The van der Waals surface area contributed by atoms with Crippen molar-refractivity contribution < 1.29 is 0 Å². The summed E-state index contributed by atoms with van der Waals surface area (Å²) >= 11 is 0. The van der Waals surface area contributed by atoms with Gasteiger partial charge in [0.1, 0.15) is 0 Å². The van der Waals surface area contributed by atoms with Gasteiger partial charge in [-0.3, -0.25) is 4.68 Å². The van der Waals surface area contributed by atoms with Crippen LogP contribution in [-0.2, 0) is 13.5 Å². The van der Waals surface area contributed by atoms with Crippen LogP contribution in [0.25, 0.3) is 0 Å². The van der Waals surface area contributed by atoms with Crippen LogP contribution in [0, 0.1) is 0 Å². The maximum Gasteiger partial charge on any atom is 0.168 e. The van der Waals surface area contributed by atoms with Crippen LogP contribution >= 0.6 is 0 Å². The normalized spacial score (nSPS) is 10.3. The molecule has 2 aromatic rings. The average Bonchev–Trinajstić information content (AvgIpc) is 2.67. The van der Waals surface area contributed by atoms with Gasteiger partial charge in [0.25, 0.3) is 0 Å².